The van der Waals surface area contributed by atoms with Gasteiger partial charge in [0.2, 0.25) is 5.91 Å². The number of hydrogen-bond acceptors (Lipinski definition) is 1. The first kappa shape index (κ1) is 9.98. The number of carbonyl (C=O) groups is 1. The predicted octanol–water partition coefficient (Wildman–Crippen LogP) is 1.94. The van der Waals surface area contributed by atoms with Crippen LogP contribution >= 0.6 is 11.6 Å². The van der Waals surface area contributed by atoms with E-state index >= 15 is 0 Å². The van der Waals surface area contributed by atoms with E-state index in [-0.39, 0.29) is 5.91 Å². The number of amides is 1. The van der Waals surface area contributed by atoms with Crippen LogP contribution in [0.4, 0.5) is 0 Å². The van der Waals surface area contributed by atoms with Crippen LogP contribution in [-0.4, -0.2) is 5.91 Å². The standard InChI is InChI=1S/C8H10ClNO/c1-4-8(5-6(2)9)10-7(3)11/h4-5H,1-2H2,3H3,(H,10,11). The molecule has 1 N–H and O–H groups in total. The molecule has 0 spiro atoms. The smallest absolute Gasteiger partial charge is 0.221 e. The first-order valence-corrected chi connectivity index (χ1v) is 3.40. The van der Waals surface area contributed by atoms with Crippen LogP contribution in [0.3, 0.4) is 0 Å². The SMILES string of the molecule is C=CC(=CC(=C)Cl)NC(C)=O. The van der Waals surface area contributed by atoms with E-state index in [1.54, 1.807) is 0 Å². The minimum Gasteiger partial charge on any atom is -0.326 e. The lowest BCUT2D eigenvalue weighted by Crippen LogP contribution is -2.17. The van der Waals surface area contributed by atoms with E-state index in [0.29, 0.717) is 10.7 Å². The molecule has 0 aliphatic carbocycles. The summed E-state index contributed by atoms with van der Waals surface area (Å²) in [6.45, 7) is 8.34. The number of nitrogens with one attached hydrogen (secondary N) is 1. The van der Waals surface area contributed by atoms with Crippen molar-refractivity contribution in [1.29, 1.82) is 0 Å². The van der Waals surface area contributed by atoms with Crippen molar-refractivity contribution in [3.05, 3.63) is 36.0 Å². The van der Waals surface area contributed by atoms with Crippen molar-refractivity contribution in [2.75, 3.05) is 0 Å². The second kappa shape index (κ2) is 4.74. The van der Waals surface area contributed by atoms with Gasteiger partial charge in [-0.25, -0.2) is 0 Å². The van der Waals surface area contributed by atoms with E-state index in [9.17, 15) is 4.79 Å². The van der Waals surface area contributed by atoms with Crippen LogP contribution in [0.15, 0.2) is 36.0 Å². The minimum absolute atomic E-state index is 0.158. The normalized spacial score (nSPS) is 10.5. The summed E-state index contributed by atoms with van der Waals surface area (Å²) in [6.07, 6.45) is 3.02. The maximum Gasteiger partial charge on any atom is 0.221 e. The molecular formula is C8H10ClNO. The lowest BCUT2D eigenvalue weighted by atomic mass is 10.3. The molecule has 0 fully saturated rings. The zero-order chi connectivity index (χ0) is 8.85. The fourth-order valence-electron chi connectivity index (χ4n) is 0.518. The summed E-state index contributed by atoms with van der Waals surface area (Å²) in [6, 6.07) is 0. The summed E-state index contributed by atoms with van der Waals surface area (Å²) >= 11 is 5.46. The zero-order valence-corrected chi connectivity index (χ0v) is 7.11. The Hall–Kier alpha value is -1.02. The molecule has 11 heavy (non-hydrogen) atoms. The van der Waals surface area contributed by atoms with Gasteiger partial charge >= 0.3 is 0 Å². The molecule has 0 unspecified atom stereocenters. The van der Waals surface area contributed by atoms with Gasteiger partial charge in [-0.15, -0.1) is 0 Å². The van der Waals surface area contributed by atoms with E-state index in [0.717, 1.165) is 0 Å². The highest BCUT2D eigenvalue weighted by molar-refractivity contribution is 6.30. The van der Waals surface area contributed by atoms with Gasteiger partial charge < -0.3 is 5.32 Å². The van der Waals surface area contributed by atoms with Gasteiger partial charge in [-0.05, 0) is 12.2 Å². The van der Waals surface area contributed by atoms with Crippen molar-refractivity contribution in [2.24, 2.45) is 0 Å². The van der Waals surface area contributed by atoms with Gasteiger partial charge in [0.25, 0.3) is 0 Å². The molecular weight excluding hydrogens is 162 g/mol. The quantitative estimate of drug-likeness (QED) is 0.647. The topological polar surface area (TPSA) is 29.1 Å². The number of hydrogen-bond donors (Lipinski definition) is 1. The Kier molecular flexibility index (Phi) is 4.30. The summed E-state index contributed by atoms with van der Waals surface area (Å²) in [4.78, 5) is 10.5. The van der Waals surface area contributed by atoms with E-state index in [1.807, 2.05) is 0 Å². The maximum atomic E-state index is 10.5. The summed E-state index contributed by atoms with van der Waals surface area (Å²) in [7, 11) is 0. The van der Waals surface area contributed by atoms with E-state index in [1.165, 1.54) is 19.1 Å². The first-order valence-electron chi connectivity index (χ1n) is 3.02. The second-order valence-electron chi connectivity index (χ2n) is 1.93. The first-order chi connectivity index (χ1) is 5.06. The van der Waals surface area contributed by atoms with Crippen molar-refractivity contribution in [3.63, 3.8) is 0 Å². The molecule has 0 aliphatic rings. The number of allylic oxidation sites excluding steroid dienone is 3. The Morgan fingerprint density at radius 2 is 2.18 bits per heavy atom. The summed E-state index contributed by atoms with van der Waals surface area (Å²) in [5.41, 5.74) is 0.553. The third-order valence-corrected chi connectivity index (χ3v) is 0.962. The summed E-state index contributed by atoms with van der Waals surface area (Å²) in [5.74, 6) is -0.158. The number of rotatable bonds is 3. The van der Waals surface area contributed by atoms with Gasteiger partial charge in [0.1, 0.15) is 0 Å². The van der Waals surface area contributed by atoms with Gasteiger partial charge in [0, 0.05) is 17.7 Å². The van der Waals surface area contributed by atoms with Crippen LogP contribution in [0.1, 0.15) is 6.92 Å². The number of halogens is 1. The van der Waals surface area contributed by atoms with Crippen LogP contribution in [-0.2, 0) is 4.79 Å². The van der Waals surface area contributed by atoms with E-state index in [2.05, 4.69) is 18.5 Å². The Morgan fingerprint density at radius 3 is 2.45 bits per heavy atom. The van der Waals surface area contributed by atoms with Gasteiger partial charge in [-0.3, -0.25) is 4.79 Å². The molecule has 0 aromatic rings. The molecule has 1 amide bonds. The highest BCUT2D eigenvalue weighted by Crippen LogP contribution is 2.02. The van der Waals surface area contributed by atoms with Crippen LogP contribution in [0.25, 0.3) is 0 Å². The average Bonchev–Trinajstić information content (AvgIpc) is 1.84. The van der Waals surface area contributed by atoms with Crippen molar-refractivity contribution < 1.29 is 4.79 Å². The fraction of sp³-hybridized carbons (Fsp3) is 0.125. The molecule has 0 aromatic carbocycles. The predicted molar refractivity (Wildman–Crippen MR) is 47.1 cm³/mol. The van der Waals surface area contributed by atoms with E-state index in [4.69, 9.17) is 11.6 Å². The molecule has 0 radical (unpaired) electrons. The fourth-order valence-corrected chi connectivity index (χ4v) is 0.636. The van der Waals surface area contributed by atoms with Crippen LogP contribution < -0.4 is 5.32 Å². The monoisotopic (exact) mass is 171 g/mol. The Balaban J connectivity index is 4.28. The van der Waals surface area contributed by atoms with E-state index < -0.39 is 0 Å². The maximum absolute atomic E-state index is 10.5. The molecule has 0 rings (SSSR count). The van der Waals surface area contributed by atoms with Gasteiger partial charge in [-0.1, -0.05) is 24.8 Å². The molecule has 0 aliphatic heterocycles. The third-order valence-electron chi connectivity index (χ3n) is 0.852. The molecule has 3 heteroatoms. The van der Waals surface area contributed by atoms with Crippen LogP contribution in [0, 0.1) is 0 Å². The van der Waals surface area contributed by atoms with Crippen LogP contribution in [0.2, 0.25) is 0 Å². The van der Waals surface area contributed by atoms with Crippen molar-refractivity contribution in [3.8, 4) is 0 Å². The molecule has 0 aromatic heterocycles. The lowest BCUT2D eigenvalue weighted by molar-refractivity contribution is -0.118. The summed E-state index contributed by atoms with van der Waals surface area (Å²) in [5, 5.41) is 2.87. The van der Waals surface area contributed by atoms with Gasteiger partial charge in [-0.2, -0.15) is 0 Å². The molecule has 60 valence electrons. The van der Waals surface area contributed by atoms with Gasteiger partial charge in [0.15, 0.2) is 0 Å². The third kappa shape index (κ3) is 5.43. The number of carbonyl (C=O) groups excluding carboxylic acids is 1. The molecule has 0 heterocycles. The van der Waals surface area contributed by atoms with Gasteiger partial charge in [0.05, 0.1) is 0 Å². The molecule has 0 saturated heterocycles. The van der Waals surface area contributed by atoms with Crippen molar-refractivity contribution in [1.82, 2.24) is 5.32 Å². The highest BCUT2D eigenvalue weighted by Gasteiger charge is 1.93. The molecule has 0 saturated carbocycles. The molecule has 0 atom stereocenters. The average molecular weight is 172 g/mol. The largest absolute Gasteiger partial charge is 0.326 e. The van der Waals surface area contributed by atoms with Crippen LogP contribution in [0.5, 0.6) is 0 Å². The Labute approximate surface area is 71.2 Å². The lowest BCUT2D eigenvalue weighted by Gasteiger charge is -2.00. The molecule has 2 nitrogen and oxygen atoms in total. The second-order valence-corrected chi connectivity index (χ2v) is 2.42. The Morgan fingerprint density at radius 1 is 1.64 bits per heavy atom. The minimum atomic E-state index is -0.158. The van der Waals surface area contributed by atoms with Crippen molar-refractivity contribution >= 4 is 17.5 Å². The molecule has 0 bridgehead atoms. The highest BCUT2D eigenvalue weighted by atomic mass is 35.5. The van der Waals surface area contributed by atoms with Crippen molar-refractivity contribution in [2.45, 2.75) is 6.92 Å². The summed E-state index contributed by atoms with van der Waals surface area (Å²) < 4.78 is 0. The Bertz CT molecular complexity index is 218. The zero-order valence-electron chi connectivity index (χ0n) is 6.36.